The van der Waals surface area contributed by atoms with Crippen LogP contribution in [0.15, 0.2) is 60.8 Å². The van der Waals surface area contributed by atoms with E-state index < -0.39 is 5.97 Å². The summed E-state index contributed by atoms with van der Waals surface area (Å²) in [6, 6.07) is 15.4. The molecular formula is C21H18ClN3O3. The molecule has 0 spiro atoms. The van der Waals surface area contributed by atoms with Gasteiger partial charge in [0.1, 0.15) is 5.82 Å². The lowest BCUT2D eigenvalue weighted by Crippen LogP contribution is -2.15. The average molecular weight is 396 g/mol. The summed E-state index contributed by atoms with van der Waals surface area (Å²) in [5.41, 5.74) is 2.72. The van der Waals surface area contributed by atoms with Gasteiger partial charge < -0.3 is 15.4 Å². The van der Waals surface area contributed by atoms with E-state index in [0.717, 1.165) is 11.3 Å². The molecule has 0 bridgehead atoms. The maximum absolute atomic E-state index is 12.7. The van der Waals surface area contributed by atoms with E-state index >= 15 is 0 Å². The number of pyridine rings is 1. The average Bonchev–Trinajstić information content (AvgIpc) is 2.71. The number of methoxy groups -OCH3 is 1. The Balaban J connectivity index is 1.82. The van der Waals surface area contributed by atoms with Crippen molar-refractivity contribution in [3.63, 3.8) is 0 Å². The Labute approximate surface area is 167 Å². The predicted octanol–water partition coefficient (Wildman–Crippen LogP) is 4.83. The third-order valence-electron chi connectivity index (χ3n) is 4.13. The minimum absolute atomic E-state index is 0.278. The number of amides is 1. The number of hydrogen-bond donors (Lipinski definition) is 2. The highest BCUT2D eigenvalue weighted by molar-refractivity contribution is 6.31. The maximum Gasteiger partial charge on any atom is 0.339 e. The third kappa shape index (κ3) is 4.29. The highest BCUT2D eigenvalue weighted by Gasteiger charge is 2.15. The second-order valence-electron chi connectivity index (χ2n) is 5.96. The van der Waals surface area contributed by atoms with Gasteiger partial charge in [-0.1, -0.05) is 29.8 Å². The second kappa shape index (κ2) is 8.54. The van der Waals surface area contributed by atoms with Crippen LogP contribution in [-0.4, -0.2) is 24.0 Å². The normalized spacial score (nSPS) is 10.2. The number of hydrogen-bond acceptors (Lipinski definition) is 5. The molecule has 0 aliphatic heterocycles. The predicted molar refractivity (Wildman–Crippen MR) is 109 cm³/mol. The van der Waals surface area contributed by atoms with E-state index in [1.54, 1.807) is 42.5 Å². The molecule has 0 aliphatic carbocycles. The first-order valence-electron chi connectivity index (χ1n) is 8.46. The van der Waals surface area contributed by atoms with E-state index in [1.807, 2.05) is 19.1 Å². The van der Waals surface area contributed by atoms with Gasteiger partial charge in [-0.25, -0.2) is 9.78 Å². The number of nitrogens with one attached hydrogen (secondary N) is 2. The summed E-state index contributed by atoms with van der Waals surface area (Å²) in [5, 5.41) is 6.54. The zero-order chi connectivity index (χ0) is 20.1. The van der Waals surface area contributed by atoms with Gasteiger partial charge in [-0.3, -0.25) is 4.79 Å². The van der Waals surface area contributed by atoms with E-state index in [1.165, 1.54) is 13.3 Å². The standard InChI is InChI=1S/C21H18ClN3O3/c1-13-16(22)7-5-9-17(13)24-19-12-14(10-11-23-19)20(26)25-18-8-4-3-6-15(18)21(27)28-2/h3-12H,1-2H3,(H,23,24)(H,25,26). The molecule has 1 heterocycles. The molecule has 28 heavy (non-hydrogen) atoms. The molecule has 0 radical (unpaired) electrons. The number of ether oxygens (including phenoxy) is 1. The van der Waals surface area contributed by atoms with Crippen molar-refractivity contribution >= 4 is 40.7 Å². The summed E-state index contributed by atoms with van der Waals surface area (Å²) < 4.78 is 4.75. The molecule has 0 aliphatic rings. The Kier molecular flexibility index (Phi) is 5.91. The van der Waals surface area contributed by atoms with Crippen molar-refractivity contribution in [1.82, 2.24) is 4.98 Å². The van der Waals surface area contributed by atoms with Gasteiger partial charge in [0.05, 0.1) is 18.4 Å². The molecule has 3 aromatic rings. The number of aromatic nitrogens is 1. The Bertz CT molecular complexity index is 1040. The topological polar surface area (TPSA) is 80.3 Å². The summed E-state index contributed by atoms with van der Waals surface area (Å²) >= 11 is 6.14. The summed E-state index contributed by atoms with van der Waals surface area (Å²) in [6.45, 7) is 1.89. The number of halogens is 1. The first-order chi connectivity index (χ1) is 13.5. The van der Waals surface area contributed by atoms with Gasteiger partial charge in [-0.05, 0) is 48.9 Å². The lowest BCUT2D eigenvalue weighted by Gasteiger charge is -2.12. The fraction of sp³-hybridized carbons (Fsp3) is 0.0952. The van der Waals surface area contributed by atoms with Crippen molar-refractivity contribution in [2.75, 3.05) is 17.7 Å². The molecular weight excluding hydrogens is 378 g/mol. The first kappa shape index (κ1) is 19.4. The molecule has 0 unspecified atom stereocenters. The van der Waals surface area contributed by atoms with Crippen LogP contribution in [0.1, 0.15) is 26.3 Å². The number of anilines is 3. The van der Waals surface area contributed by atoms with Crippen LogP contribution in [0, 0.1) is 6.92 Å². The summed E-state index contributed by atoms with van der Waals surface area (Å²) in [7, 11) is 1.29. The molecule has 0 saturated heterocycles. The van der Waals surface area contributed by atoms with Crippen molar-refractivity contribution in [1.29, 1.82) is 0 Å². The minimum Gasteiger partial charge on any atom is -0.465 e. The molecule has 2 N–H and O–H groups in total. The van der Waals surface area contributed by atoms with E-state index in [2.05, 4.69) is 15.6 Å². The van der Waals surface area contributed by atoms with Crippen LogP contribution in [0.3, 0.4) is 0 Å². The lowest BCUT2D eigenvalue weighted by atomic mass is 10.1. The van der Waals surface area contributed by atoms with Crippen LogP contribution >= 0.6 is 11.6 Å². The molecule has 0 saturated carbocycles. The molecule has 1 aromatic heterocycles. The van der Waals surface area contributed by atoms with Crippen molar-refractivity contribution in [2.24, 2.45) is 0 Å². The van der Waals surface area contributed by atoms with Crippen molar-refractivity contribution in [2.45, 2.75) is 6.92 Å². The maximum atomic E-state index is 12.7. The monoisotopic (exact) mass is 395 g/mol. The van der Waals surface area contributed by atoms with Crippen LogP contribution in [0.2, 0.25) is 5.02 Å². The van der Waals surface area contributed by atoms with Crippen molar-refractivity contribution in [3.8, 4) is 0 Å². The van der Waals surface area contributed by atoms with Crippen molar-refractivity contribution in [3.05, 3.63) is 82.5 Å². The van der Waals surface area contributed by atoms with Crippen molar-refractivity contribution < 1.29 is 14.3 Å². The van der Waals surface area contributed by atoms with E-state index in [4.69, 9.17) is 16.3 Å². The molecule has 0 atom stereocenters. The summed E-state index contributed by atoms with van der Waals surface area (Å²) in [5.74, 6) is -0.395. The molecule has 2 aromatic carbocycles. The van der Waals surface area contributed by atoms with Gasteiger partial charge >= 0.3 is 5.97 Å². The quantitative estimate of drug-likeness (QED) is 0.605. The Morgan fingerprint density at radius 1 is 1.04 bits per heavy atom. The Hall–Kier alpha value is -3.38. The van der Waals surface area contributed by atoms with E-state index in [0.29, 0.717) is 22.1 Å². The van der Waals surface area contributed by atoms with Crippen LogP contribution in [0.5, 0.6) is 0 Å². The zero-order valence-corrected chi connectivity index (χ0v) is 16.1. The van der Waals surface area contributed by atoms with E-state index in [-0.39, 0.29) is 11.5 Å². The fourth-order valence-corrected chi connectivity index (χ4v) is 2.77. The van der Waals surface area contributed by atoms with Crippen LogP contribution in [0.4, 0.5) is 17.2 Å². The van der Waals surface area contributed by atoms with Gasteiger partial charge in [0.15, 0.2) is 0 Å². The van der Waals surface area contributed by atoms with Gasteiger partial charge in [-0.15, -0.1) is 0 Å². The molecule has 0 fully saturated rings. The second-order valence-corrected chi connectivity index (χ2v) is 6.37. The smallest absolute Gasteiger partial charge is 0.339 e. The van der Waals surface area contributed by atoms with Crippen LogP contribution in [-0.2, 0) is 4.74 Å². The fourth-order valence-electron chi connectivity index (χ4n) is 2.60. The molecule has 1 amide bonds. The number of carbonyl (C=O) groups excluding carboxylic acids is 2. The lowest BCUT2D eigenvalue weighted by molar-refractivity contribution is 0.0602. The SMILES string of the molecule is COC(=O)c1ccccc1NC(=O)c1ccnc(Nc2cccc(Cl)c2C)c1. The van der Waals surface area contributed by atoms with Gasteiger partial charge in [0, 0.05) is 22.5 Å². The van der Waals surface area contributed by atoms with Gasteiger partial charge in [-0.2, -0.15) is 0 Å². The minimum atomic E-state index is -0.524. The number of esters is 1. The van der Waals surface area contributed by atoms with Gasteiger partial charge in [0.25, 0.3) is 5.91 Å². The third-order valence-corrected chi connectivity index (χ3v) is 4.54. The van der Waals surface area contributed by atoms with E-state index in [9.17, 15) is 9.59 Å². The first-order valence-corrected chi connectivity index (χ1v) is 8.84. The zero-order valence-electron chi connectivity index (χ0n) is 15.3. The molecule has 6 nitrogen and oxygen atoms in total. The molecule has 3 rings (SSSR count). The number of nitrogens with zero attached hydrogens (tertiary/aromatic N) is 1. The highest BCUT2D eigenvalue weighted by Crippen LogP contribution is 2.26. The number of carbonyl (C=O) groups is 2. The Morgan fingerprint density at radius 3 is 2.57 bits per heavy atom. The summed E-state index contributed by atoms with van der Waals surface area (Å²) in [6.07, 6.45) is 1.53. The summed E-state index contributed by atoms with van der Waals surface area (Å²) in [4.78, 5) is 28.8. The number of rotatable bonds is 5. The number of benzene rings is 2. The molecule has 142 valence electrons. The number of para-hydroxylation sites is 1. The molecule has 7 heteroatoms. The van der Waals surface area contributed by atoms with Crippen LogP contribution in [0.25, 0.3) is 0 Å². The van der Waals surface area contributed by atoms with Gasteiger partial charge in [0.2, 0.25) is 0 Å². The highest BCUT2D eigenvalue weighted by atomic mass is 35.5. The van der Waals surface area contributed by atoms with Crippen LogP contribution < -0.4 is 10.6 Å². The Morgan fingerprint density at radius 2 is 1.79 bits per heavy atom. The largest absolute Gasteiger partial charge is 0.465 e.